The Kier molecular flexibility index (Phi) is 10.7. The monoisotopic (exact) mass is 996 g/mol. The van der Waals surface area contributed by atoms with Crippen LogP contribution in [-0.4, -0.2) is 19.9 Å². The van der Waals surface area contributed by atoms with Crippen LogP contribution in [0.4, 0.5) is 0 Å². The second-order valence-corrected chi connectivity index (χ2v) is 19.6. The summed E-state index contributed by atoms with van der Waals surface area (Å²) in [5.41, 5.74) is 16.9. The average Bonchev–Trinajstić information content (AvgIpc) is 4.16. The predicted molar refractivity (Wildman–Crippen MR) is 321 cm³/mol. The van der Waals surface area contributed by atoms with E-state index in [9.17, 15) is 0 Å². The van der Waals surface area contributed by atoms with Gasteiger partial charge in [0.2, 0.25) is 11.8 Å². The smallest absolute Gasteiger partial charge is 0.227 e. The van der Waals surface area contributed by atoms with Crippen molar-refractivity contribution in [3.63, 3.8) is 0 Å². The molecule has 0 fully saturated rings. The lowest BCUT2D eigenvalue weighted by Crippen LogP contribution is -1.92. The molecule has 78 heavy (non-hydrogen) atoms. The standard InChI is InChI=1S/2C36H22N2O/c1-3-13-28-26(11-1)33(23-18-20-25(21-19-23)36-38-31-16-5-6-17-32(31)39-36)27-12-2-4-14-29(27)34(28)30-15-7-9-24-10-8-22-37-35(24)30;1-3-11-29-27(9-1)34(23-18-20-24(21-19-23)36-38-32-15-5-6-17-33(32)39-36)28-10-2-4-12-30(28)35(29)26-13-7-16-31-25(26)14-8-22-37-31/h2*1-22H. The van der Waals surface area contributed by atoms with Gasteiger partial charge in [-0.15, -0.1) is 0 Å². The minimum absolute atomic E-state index is 0.635. The number of oxazole rings is 2. The average molecular weight is 997 g/mol. The number of rotatable bonds is 6. The Labute approximate surface area is 448 Å². The van der Waals surface area contributed by atoms with Gasteiger partial charge in [0, 0.05) is 39.9 Å². The first-order valence-electron chi connectivity index (χ1n) is 26.2. The van der Waals surface area contributed by atoms with Crippen LogP contribution in [0, 0.1) is 0 Å². The Morgan fingerprint density at radius 1 is 0.244 bits per heavy atom. The van der Waals surface area contributed by atoms with Crippen molar-refractivity contribution in [3.8, 4) is 67.4 Å². The number of hydrogen-bond acceptors (Lipinski definition) is 6. The van der Waals surface area contributed by atoms with Crippen LogP contribution in [-0.2, 0) is 0 Å². The number of benzene rings is 12. The summed E-state index contributed by atoms with van der Waals surface area (Å²) in [6, 6.07) is 88.9. The van der Waals surface area contributed by atoms with Crippen LogP contribution in [0.5, 0.6) is 0 Å². The van der Waals surface area contributed by atoms with E-state index in [1.807, 2.05) is 73.1 Å². The summed E-state index contributed by atoms with van der Waals surface area (Å²) in [4.78, 5) is 18.8. The van der Waals surface area contributed by atoms with E-state index in [-0.39, 0.29) is 0 Å². The minimum Gasteiger partial charge on any atom is -0.436 e. The molecule has 16 aromatic rings. The Morgan fingerprint density at radius 2 is 0.603 bits per heavy atom. The first-order chi connectivity index (χ1) is 38.7. The van der Waals surface area contributed by atoms with E-state index < -0.39 is 0 Å². The quantitative estimate of drug-likeness (QED) is 0.154. The third kappa shape index (κ3) is 7.57. The molecule has 0 radical (unpaired) electrons. The molecule has 16 rings (SSSR count). The fourth-order valence-corrected chi connectivity index (χ4v) is 11.6. The fraction of sp³-hybridized carbons (Fsp3) is 0. The molecular weight excluding hydrogens is 953 g/mol. The highest BCUT2D eigenvalue weighted by atomic mass is 16.4. The molecule has 6 nitrogen and oxygen atoms in total. The SMILES string of the molecule is c1ccc2oc(-c3ccc(-c4c5ccccc5c(-c5cccc6ncccc56)c5ccccc45)cc3)nc2c1.c1cnc2c(-c3c4ccccc4c(-c4ccc(-c5nc6ccccc6o5)cc4)c4ccccc34)cccc2c1. The lowest BCUT2D eigenvalue weighted by Gasteiger charge is -2.18. The maximum Gasteiger partial charge on any atom is 0.227 e. The van der Waals surface area contributed by atoms with Crippen LogP contribution < -0.4 is 0 Å². The first kappa shape index (κ1) is 44.9. The lowest BCUT2D eigenvalue weighted by molar-refractivity contribution is 0.619. The molecular formula is C72H44N4O2. The molecule has 0 saturated heterocycles. The largest absolute Gasteiger partial charge is 0.436 e. The van der Waals surface area contributed by atoms with Crippen LogP contribution in [0.15, 0.2) is 276 Å². The Balaban J connectivity index is 0.000000136. The first-order valence-corrected chi connectivity index (χ1v) is 26.2. The van der Waals surface area contributed by atoms with Crippen LogP contribution in [0.3, 0.4) is 0 Å². The summed E-state index contributed by atoms with van der Waals surface area (Å²) in [7, 11) is 0. The van der Waals surface area contributed by atoms with E-state index in [0.29, 0.717) is 11.8 Å². The summed E-state index contributed by atoms with van der Waals surface area (Å²) < 4.78 is 12.0. The highest BCUT2D eigenvalue weighted by molar-refractivity contribution is 6.25. The van der Waals surface area contributed by atoms with Gasteiger partial charge < -0.3 is 8.83 Å². The molecule has 0 unspecified atom stereocenters. The molecule has 0 N–H and O–H groups in total. The Hall–Kier alpha value is -10.6. The van der Waals surface area contributed by atoms with E-state index in [2.05, 4.69) is 209 Å². The third-order valence-electron chi connectivity index (χ3n) is 15.1. The number of pyridine rings is 2. The number of para-hydroxylation sites is 5. The van der Waals surface area contributed by atoms with Crippen molar-refractivity contribution >= 4 is 87.1 Å². The molecule has 0 aliphatic rings. The molecule has 364 valence electrons. The van der Waals surface area contributed by atoms with Crippen molar-refractivity contribution < 1.29 is 8.83 Å². The Morgan fingerprint density at radius 3 is 1.10 bits per heavy atom. The van der Waals surface area contributed by atoms with Gasteiger partial charge in [0.15, 0.2) is 11.2 Å². The number of fused-ring (bicyclic) bond motifs is 8. The Bertz CT molecular complexity index is 4470. The second-order valence-electron chi connectivity index (χ2n) is 19.6. The third-order valence-corrected chi connectivity index (χ3v) is 15.1. The zero-order chi connectivity index (χ0) is 51.5. The molecule has 0 spiro atoms. The fourth-order valence-electron chi connectivity index (χ4n) is 11.6. The zero-order valence-electron chi connectivity index (χ0n) is 42.0. The number of aromatic nitrogens is 4. The lowest BCUT2D eigenvalue weighted by atomic mass is 9.85. The summed E-state index contributed by atoms with van der Waals surface area (Å²) in [6.45, 7) is 0. The molecule has 0 saturated carbocycles. The maximum atomic E-state index is 6.02. The molecule has 4 heterocycles. The van der Waals surface area contributed by atoms with Crippen LogP contribution in [0.25, 0.3) is 155 Å². The van der Waals surface area contributed by atoms with Crippen molar-refractivity contribution in [2.45, 2.75) is 0 Å². The van der Waals surface area contributed by atoms with Gasteiger partial charge in [-0.3, -0.25) is 9.97 Å². The van der Waals surface area contributed by atoms with E-state index in [1.165, 1.54) is 70.9 Å². The van der Waals surface area contributed by atoms with E-state index in [0.717, 1.165) is 71.8 Å². The molecule has 6 heteroatoms. The van der Waals surface area contributed by atoms with Crippen LogP contribution >= 0.6 is 0 Å². The van der Waals surface area contributed by atoms with Crippen LogP contribution in [0.1, 0.15) is 0 Å². The summed E-state index contributed by atoms with van der Waals surface area (Å²) in [5.74, 6) is 1.27. The van der Waals surface area contributed by atoms with Gasteiger partial charge in [0.1, 0.15) is 11.0 Å². The van der Waals surface area contributed by atoms with Gasteiger partial charge in [-0.05, 0) is 149 Å². The minimum atomic E-state index is 0.635. The van der Waals surface area contributed by atoms with Gasteiger partial charge in [0.25, 0.3) is 0 Å². The molecule has 0 aliphatic carbocycles. The molecule has 0 bridgehead atoms. The van der Waals surface area contributed by atoms with Gasteiger partial charge >= 0.3 is 0 Å². The van der Waals surface area contributed by atoms with Crippen molar-refractivity contribution in [1.29, 1.82) is 0 Å². The molecule has 12 aromatic carbocycles. The van der Waals surface area contributed by atoms with E-state index >= 15 is 0 Å². The van der Waals surface area contributed by atoms with Gasteiger partial charge in [-0.1, -0.05) is 188 Å². The normalized spacial score (nSPS) is 11.6. The van der Waals surface area contributed by atoms with Crippen molar-refractivity contribution in [3.05, 3.63) is 267 Å². The zero-order valence-corrected chi connectivity index (χ0v) is 42.0. The van der Waals surface area contributed by atoms with Gasteiger partial charge in [-0.25, -0.2) is 9.97 Å². The van der Waals surface area contributed by atoms with Crippen molar-refractivity contribution in [1.82, 2.24) is 19.9 Å². The highest BCUT2D eigenvalue weighted by Crippen LogP contribution is 2.47. The summed E-state index contributed by atoms with van der Waals surface area (Å²) in [6.07, 6.45) is 3.74. The topological polar surface area (TPSA) is 77.8 Å². The van der Waals surface area contributed by atoms with Gasteiger partial charge in [0.05, 0.1) is 11.0 Å². The second kappa shape index (κ2) is 18.7. The van der Waals surface area contributed by atoms with Crippen molar-refractivity contribution in [2.75, 3.05) is 0 Å². The maximum absolute atomic E-state index is 6.02. The van der Waals surface area contributed by atoms with Gasteiger partial charge in [-0.2, -0.15) is 0 Å². The molecule has 4 aromatic heterocycles. The predicted octanol–water partition coefficient (Wildman–Crippen LogP) is 19.4. The number of hydrogen-bond donors (Lipinski definition) is 0. The van der Waals surface area contributed by atoms with Crippen LogP contribution in [0.2, 0.25) is 0 Å². The summed E-state index contributed by atoms with van der Waals surface area (Å²) >= 11 is 0. The van der Waals surface area contributed by atoms with E-state index in [1.54, 1.807) is 0 Å². The molecule has 0 aliphatic heterocycles. The summed E-state index contributed by atoms with van der Waals surface area (Å²) in [5, 5.41) is 12.1. The van der Waals surface area contributed by atoms with Crippen molar-refractivity contribution in [2.24, 2.45) is 0 Å². The number of nitrogens with zero attached hydrogens (tertiary/aromatic N) is 4. The molecule has 0 atom stereocenters. The highest BCUT2D eigenvalue weighted by Gasteiger charge is 2.21. The molecule has 0 amide bonds. The van der Waals surface area contributed by atoms with E-state index in [4.69, 9.17) is 13.8 Å².